The van der Waals surface area contributed by atoms with Gasteiger partial charge in [-0.05, 0) is 11.5 Å². The fourth-order valence-corrected chi connectivity index (χ4v) is 0.409. The molecule has 1 N–H and O–H groups in total. The summed E-state index contributed by atoms with van der Waals surface area (Å²) in [6.45, 7) is 6.14. The topological polar surface area (TPSA) is 29.1 Å². The Morgan fingerprint density at radius 3 is 2.20 bits per heavy atom. The molecule has 0 rings (SSSR count). The standard InChI is InChI=1S/C8H15NO/c1-8(2,3)6-5-7(10)9-4/h5-6H,1-4H3,(H,9,10). The molecule has 0 aliphatic rings. The summed E-state index contributed by atoms with van der Waals surface area (Å²) in [7, 11) is 1.62. The van der Waals surface area contributed by atoms with E-state index in [9.17, 15) is 4.79 Å². The van der Waals surface area contributed by atoms with Crippen LogP contribution in [-0.2, 0) is 4.79 Å². The molecule has 0 spiro atoms. The van der Waals surface area contributed by atoms with Crippen molar-refractivity contribution in [3.63, 3.8) is 0 Å². The normalized spacial score (nSPS) is 12.0. The zero-order valence-electron chi connectivity index (χ0n) is 7.06. The molecule has 0 saturated carbocycles. The molecule has 0 atom stereocenters. The summed E-state index contributed by atoms with van der Waals surface area (Å²) >= 11 is 0. The second kappa shape index (κ2) is 3.40. The van der Waals surface area contributed by atoms with Crippen LogP contribution in [-0.4, -0.2) is 13.0 Å². The number of carbonyl (C=O) groups is 1. The number of carbonyl (C=O) groups excluding carboxylic acids is 1. The van der Waals surface area contributed by atoms with Gasteiger partial charge in [-0.15, -0.1) is 0 Å². The Morgan fingerprint density at radius 1 is 1.40 bits per heavy atom. The van der Waals surface area contributed by atoms with Crippen LogP contribution in [0.3, 0.4) is 0 Å². The lowest BCUT2D eigenvalue weighted by molar-refractivity contribution is -0.116. The van der Waals surface area contributed by atoms with Crippen molar-refractivity contribution in [1.82, 2.24) is 5.32 Å². The summed E-state index contributed by atoms with van der Waals surface area (Å²) in [6, 6.07) is 0. The smallest absolute Gasteiger partial charge is 0.243 e. The minimum absolute atomic E-state index is 0.0464. The molecular formula is C8H15NO. The predicted octanol–water partition coefficient (Wildman–Crippen LogP) is 1.33. The molecule has 0 radical (unpaired) electrons. The third kappa shape index (κ3) is 5.35. The van der Waals surface area contributed by atoms with Gasteiger partial charge in [-0.25, -0.2) is 0 Å². The summed E-state index contributed by atoms with van der Waals surface area (Å²) < 4.78 is 0. The molecule has 0 unspecified atom stereocenters. The van der Waals surface area contributed by atoms with Gasteiger partial charge in [0.1, 0.15) is 0 Å². The number of rotatable bonds is 1. The highest BCUT2D eigenvalue weighted by molar-refractivity contribution is 5.87. The van der Waals surface area contributed by atoms with E-state index in [1.165, 1.54) is 0 Å². The summed E-state index contributed by atoms with van der Waals surface area (Å²) in [5.41, 5.74) is 0.0898. The monoisotopic (exact) mass is 141 g/mol. The minimum atomic E-state index is -0.0464. The highest BCUT2D eigenvalue weighted by Crippen LogP contribution is 2.13. The number of nitrogens with one attached hydrogen (secondary N) is 1. The molecule has 0 fully saturated rings. The van der Waals surface area contributed by atoms with E-state index in [1.54, 1.807) is 13.1 Å². The number of allylic oxidation sites excluding steroid dienone is 1. The van der Waals surface area contributed by atoms with Crippen molar-refractivity contribution in [2.24, 2.45) is 5.41 Å². The van der Waals surface area contributed by atoms with Gasteiger partial charge in [0.2, 0.25) is 5.91 Å². The molecule has 0 aromatic rings. The quantitative estimate of drug-likeness (QED) is 0.548. The maximum atomic E-state index is 10.7. The maximum Gasteiger partial charge on any atom is 0.243 e. The first-order valence-electron chi connectivity index (χ1n) is 3.36. The van der Waals surface area contributed by atoms with Crippen molar-refractivity contribution >= 4 is 5.91 Å². The van der Waals surface area contributed by atoms with Gasteiger partial charge in [-0.3, -0.25) is 4.79 Å². The molecule has 0 bridgehead atoms. The third-order valence-corrected chi connectivity index (χ3v) is 0.981. The molecule has 1 amide bonds. The average molecular weight is 141 g/mol. The van der Waals surface area contributed by atoms with E-state index in [1.807, 2.05) is 26.8 Å². The first-order valence-corrected chi connectivity index (χ1v) is 3.36. The van der Waals surface area contributed by atoms with E-state index in [4.69, 9.17) is 0 Å². The first-order chi connectivity index (χ1) is 4.45. The highest BCUT2D eigenvalue weighted by Gasteiger charge is 2.03. The Labute approximate surface area is 62.3 Å². The fourth-order valence-electron chi connectivity index (χ4n) is 0.409. The summed E-state index contributed by atoms with van der Waals surface area (Å²) in [4.78, 5) is 10.7. The lowest BCUT2D eigenvalue weighted by atomic mass is 9.96. The van der Waals surface area contributed by atoms with Crippen molar-refractivity contribution in [2.45, 2.75) is 20.8 Å². The Bertz CT molecular complexity index is 142. The van der Waals surface area contributed by atoms with Crippen molar-refractivity contribution in [1.29, 1.82) is 0 Å². The molecule has 10 heavy (non-hydrogen) atoms. The third-order valence-electron chi connectivity index (χ3n) is 0.981. The lowest BCUT2D eigenvalue weighted by Crippen LogP contribution is -2.15. The SMILES string of the molecule is CNC(=O)C=CC(C)(C)C. The second-order valence-corrected chi connectivity index (χ2v) is 3.31. The zero-order chi connectivity index (χ0) is 8.20. The molecule has 0 aliphatic heterocycles. The highest BCUT2D eigenvalue weighted by atomic mass is 16.1. The van der Waals surface area contributed by atoms with Gasteiger partial charge in [0.05, 0.1) is 0 Å². The van der Waals surface area contributed by atoms with Gasteiger partial charge < -0.3 is 5.32 Å². The van der Waals surface area contributed by atoms with Gasteiger partial charge >= 0.3 is 0 Å². The van der Waals surface area contributed by atoms with E-state index >= 15 is 0 Å². The molecular weight excluding hydrogens is 126 g/mol. The molecule has 2 nitrogen and oxygen atoms in total. The van der Waals surface area contributed by atoms with E-state index in [0.29, 0.717) is 0 Å². The van der Waals surface area contributed by atoms with Crippen LogP contribution < -0.4 is 5.32 Å². The number of hydrogen-bond acceptors (Lipinski definition) is 1. The molecule has 0 saturated heterocycles. The van der Waals surface area contributed by atoms with Gasteiger partial charge in [-0.2, -0.15) is 0 Å². The molecule has 0 aromatic heterocycles. The Morgan fingerprint density at radius 2 is 1.90 bits per heavy atom. The van der Waals surface area contributed by atoms with Crippen LogP contribution in [0.15, 0.2) is 12.2 Å². The van der Waals surface area contributed by atoms with Crippen molar-refractivity contribution in [3.05, 3.63) is 12.2 Å². The van der Waals surface area contributed by atoms with Gasteiger partial charge in [0.15, 0.2) is 0 Å². The van der Waals surface area contributed by atoms with Gasteiger partial charge in [-0.1, -0.05) is 26.8 Å². The van der Waals surface area contributed by atoms with Gasteiger partial charge in [0.25, 0.3) is 0 Å². The minimum Gasteiger partial charge on any atom is -0.356 e. The van der Waals surface area contributed by atoms with Crippen LogP contribution in [0.25, 0.3) is 0 Å². The predicted molar refractivity (Wildman–Crippen MR) is 42.7 cm³/mol. The Hall–Kier alpha value is -0.790. The number of hydrogen-bond donors (Lipinski definition) is 1. The summed E-state index contributed by atoms with van der Waals surface area (Å²) in [5, 5.41) is 2.51. The van der Waals surface area contributed by atoms with Crippen LogP contribution in [0.1, 0.15) is 20.8 Å². The largest absolute Gasteiger partial charge is 0.356 e. The van der Waals surface area contributed by atoms with E-state index in [-0.39, 0.29) is 11.3 Å². The van der Waals surface area contributed by atoms with Crippen LogP contribution in [0.4, 0.5) is 0 Å². The van der Waals surface area contributed by atoms with E-state index in [0.717, 1.165) is 0 Å². The summed E-state index contributed by atoms with van der Waals surface area (Å²) in [5.74, 6) is -0.0464. The Kier molecular flexibility index (Phi) is 3.13. The maximum absolute atomic E-state index is 10.7. The number of amides is 1. The fraction of sp³-hybridized carbons (Fsp3) is 0.625. The zero-order valence-corrected chi connectivity index (χ0v) is 7.06. The molecule has 58 valence electrons. The average Bonchev–Trinajstić information content (AvgIpc) is 1.81. The second-order valence-electron chi connectivity index (χ2n) is 3.31. The summed E-state index contributed by atoms with van der Waals surface area (Å²) in [6.07, 6.45) is 3.44. The van der Waals surface area contributed by atoms with Crippen LogP contribution in [0, 0.1) is 5.41 Å². The molecule has 0 heterocycles. The van der Waals surface area contributed by atoms with E-state index in [2.05, 4.69) is 5.32 Å². The van der Waals surface area contributed by atoms with Gasteiger partial charge in [0, 0.05) is 7.05 Å². The van der Waals surface area contributed by atoms with Crippen molar-refractivity contribution in [2.75, 3.05) is 7.05 Å². The molecule has 0 aromatic carbocycles. The molecule has 2 heteroatoms. The Balaban J connectivity index is 3.88. The number of likely N-dealkylation sites (N-methyl/N-ethyl adjacent to an activating group) is 1. The lowest BCUT2D eigenvalue weighted by Gasteiger charge is -2.10. The van der Waals surface area contributed by atoms with Crippen molar-refractivity contribution < 1.29 is 4.79 Å². The van der Waals surface area contributed by atoms with Crippen LogP contribution in [0.5, 0.6) is 0 Å². The van der Waals surface area contributed by atoms with Crippen LogP contribution in [0.2, 0.25) is 0 Å². The van der Waals surface area contributed by atoms with Crippen molar-refractivity contribution in [3.8, 4) is 0 Å². The van der Waals surface area contributed by atoms with Crippen LogP contribution >= 0.6 is 0 Å². The first kappa shape index (κ1) is 9.21. The van der Waals surface area contributed by atoms with E-state index < -0.39 is 0 Å². The molecule has 0 aliphatic carbocycles.